The molecule has 0 saturated carbocycles. The van der Waals surface area contributed by atoms with Crippen LogP contribution in [0.4, 0.5) is 5.69 Å². The number of fused-ring (bicyclic) bond motifs is 1. The standard InChI is InChI=1S/C19H21N5O5S/c20-18-17-14(22-30(27,28)23-18)5-3-6-16(17)29-11-12-4-1-2-9-24(12)19(26)13-7-8-21-10-15(13)25/h3,5-8,10,12,22,25H,1-2,4,9,11H2,(H2,20,23)/t12-/m1/s1. The van der Waals surface area contributed by atoms with Crippen LogP contribution in [0, 0.1) is 0 Å². The van der Waals surface area contributed by atoms with E-state index in [9.17, 15) is 18.3 Å². The average molecular weight is 431 g/mol. The van der Waals surface area contributed by atoms with Crippen molar-refractivity contribution in [2.45, 2.75) is 25.3 Å². The van der Waals surface area contributed by atoms with E-state index < -0.39 is 10.2 Å². The quantitative estimate of drug-likeness (QED) is 0.660. The van der Waals surface area contributed by atoms with Crippen molar-refractivity contribution in [3.05, 3.63) is 47.8 Å². The Hall–Kier alpha value is -3.34. The number of nitrogens with zero attached hydrogens (tertiary/aromatic N) is 3. The third kappa shape index (κ3) is 3.88. The van der Waals surface area contributed by atoms with Crippen LogP contribution < -0.4 is 15.2 Å². The number of amides is 1. The summed E-state index contributed by atoms with van der Waals surface area (Å²) in [4.78, 5) is 18.5. The van der Waals surface area contributed by atoms with Crippen LogP contribution in [-0.2, 0) is 10.2 Å². The lowest BCUT2D eigenvalue weighted by Crippen LogP contribution is -2.46. The molecular formula is C19H21N5O5S. The number of pyridine rings is 1. The number of hydrogen-bond donors (Lipinski definition) is 3. The summed E-state index contributed by atoms with van der Waals surface area (Å²) in [7, 11) is -3.88. The molecule has 158 valence electrons. The van der Waals surface area contributed by atoms with Crippen LogP contribution in [0.5, 0.6) is 11.5 Å². The number of carbonyl (C=O) groups is 1. The molecule has 2 aromatic rings. The third-order valence-electron chi connectivity index (χ3n) is 5.09. The van der Waals surface area contributed by atoms with Crippen LogP contribution in [0.3, 0.4) is 0 Å². The van der Waals surface area contributed by atoms with E-state index in [-0.39, 0.29) is 35.7 Å². The molecule has 4 N–H and O–H groups in total. The van der Waals surface area contributed by atoms with Gasteiger partial charge in [-0.15, -0.1) is 4.40 Å². The van der Waals surface area contributed by atoms with Crippen molar-refractivity contribution >= 4 is 27.6 Å². The van der Waals surface area contributed by atoms with E-state index in [1.807, 2.05) is 0 Å². The van der Waals surface area contributed by atoms with Crippen molar-refractivity contribution in [1.82, 2.24) is 9.88 Å². The van der Waals surface area contributed by atoms with Gasteiger partial charge in [0.2, 0.25) is 0 Å². The minimum atomic E-state index is -3.88. The molecule has 1 fully saturated rings. The van der Waals surface area contributed by atoms with E-state index >= 15 is 0 Å². The van der Waals surface area contributed by atoms with Crippen LogP contribution in [0.25, 0.3) is 0 Å². The van der Waals surface area contributed by atoms with E-state index in [1.165, 1.54) is 18.5 Å². The summed E-state index contributed by atoms with van der Waals surface area (Å²) >= 11 is 0. The molecule has 0 spiro atoms. The van der Waals surface area contributed by atoms with Gasteiger partial charge in [-0.25, -0.2) is 0 Å². The molecule has 2 aliphatic heterocycles. The second-order valence-corrected chi connectivity index (χ2v) is 8.42. The summed E-state index contributed by atoms with van der Waals surface area (Å²) in [5.74, 6) is -0.230. The molecule has 10 nitrogen and oxygen atoms in total. The topological polar surface area (TPSA) is 147 Å². The van der Waals surface area contributed by atoms with Gasteiger partial charge in [0.1, 0.15) is 18.1 Å². The molecule has 0 unspecified atom stereocenters. The van der Waals surface area contributed by atoms with Gasteiger partial charge in [0.05, 0.1) is 29.1 Å². The van der Waals surface area contributed by atoms with Gasteiger partial charge in [-0.2, -0.15) is 8.42 Å². The van der Waals surface area contributed by atoms with Gasteiger partial charge >= 0.3 is 10.2 Å². The number of nitrogens with two attached hydrogens (primary N) is 1. The van der Waals surface area contributed by atoms with E-state index in [4.69, 9.17) is 10.5 Å². The van der Waals surface area contributed by atoms with Gasteiger partial charge in [0.15, 0.2) is 5.84 Å². The molecule has 30 heavy (non-hydrogen) atoms. The van der Waals surface area contributed by atoms with Crippen molar-refractivity contribution in [2.24, 2.45) is 10.1 Å². The largest absolute Gasteiger partial charge is 0.505 e. The fraction of sp³-hybridized carbons (Fsp3) is 0.316. The number of aromatic nitrogens is 1. The number of aromatic hydroxyl groups is 1. The van der Waals surface area contributed by atoms with E-state index in [1.54, 1.807) is 23.1 Å². The predicted octanol–water partition coefficient (Wildman–Crippen LogP) is 1.24. The second-order valence-electron chi connectivity index (χ2n) is 7.08. The summed E-state index contributed by atoms with van der Waals surface area (Å²) in [6.45, 7) is 0.735. The number of rotatable bonds is 4. The molecule has 4 rings (SSSR count). The first-order valence-corrected chi connectivity index (χ1v) is 10.9. The molecule has 1 amide bonds. The summed E-state index contributed by atoms with van der Waals surface area (Å²) in [6, 6.07) is 6.16. The first-order valence-electron chi connectivity index (χ1n) is 9.44. The van der Waals surface area contributed by atoms with Gasteiger partial charge in [-0.3, -0.25) is 14.5 Å². The average Bonchev–Trinajstić information content (AvgIpc) is 2.71. The summed E-state index contributed by atoms with van der Waals surface area (Å²) < 4.78 is 35.2. The molecule has 1 aromatic heterocycles. The normalized spacial score (nSPS) is 19.9. The van der Waals surface area contributed by atoms with E-state index in [0.717, 1.165) is 19.3 Å². The van der Waals surface area contributed by atoms with Gasteiger partial charge in [0, 0.05) is 12.7 Å². The number of hydrogen-bond acceptors (Lipinski definition) is 7. The summed E-state index contributed by atoms with van der Waals surface area (Å²) in [6.07, 6.45) is 5.24. The smallest absolute Gasteiger partial charge is 0.344 e. The maximum absolute atomic E-state index is 13.0. The molecule has 1 aromatic carbocycles. The highest BCUT2D eigenvalue weighted by atomic mass is 32.2. The Kier molecular flexibility index (Phi) is 5.20. The SMILES string of the molecule is NC1=NS(=O)(=O)Nc2cccc(OC[C@H]3CCCCN3C(=O)c3ccncc3O)c21. The fourth-order valence-electron chi connectivity index (χ4n) is 3.69. The number of ether oxygens (including phenoxy) is 1. The molecule has 0 aliphatic carbocycles. The lowest BCUT2D eigenvalue weighted by atomic mass is 10.0. The van der Waals surface area contributed by atoms with Crippen LogP contribution in [0.1, 0.15) is 35.2 Å². The lowest BCUT2D eigenvalue weighted by Gasteiger charge is -2.36. The molecular weight excluding hydrogens is 410 g/mol. The fourth-order valence-corrected chi connectivity index (χ4v) is 4.53. The zero-order valence-corrected chi connectivity index (χ0v) is 16.8. The van der Waals surface area contributed by atoms with Gasteiger partial charge < -0.3 is 20.5 Å². The van der Waals surface area contributed by atoms with Crippen molar-refractivity contribution in [1.29, 1.82) is 0 Å². The van der Waals surface area contributed by atoms with Crippen molar-refractivity contribution in [3.63, 3.8) is 0 Å². The number of amidine groups is 1. The first kappa shape index (κ1) is 20.0. The Balaban J connectivity index is 1.55. The monoisotopic (exact) mass is 431 g/mol. The molecule has 3 heterocycles. The highest BCUT2D eigenvalue weighted by molar-refractivity contribution is 7.91. The number of likely N-dealkylation sites (tertiary alicyclic amines) is 1. The Morgan fingerprint density at radius 2 is 2.17 bits per heavy atom. The molecule has 1 saturated heterocycles. The highest BCUT2D eigenvalue weighted by Gasteiger charge is 2.30. The molecule has 0 radical (unpaired) electrons. The summed E-state index contributed by atoms with van der Waals surface area (Å²) in [5.41, 5.74) is 6.70. The van der Waals surface area contributed by atoms with Crippen molar-refractivity contribution in [2.75, 3.05) is 17.9 Å². The second kappa shape index (κ2) is 7.82. The minimum Gasteiger partial charge on any atom is -0.505 e. The lowest BCUT2D eigenvalue weighted by molar-refractivity contribution is 0.0525. The minimum absolute atomic E-state index is 0.155. The first-order chi connectivity index (χ1) is 14.4. The van der Waals surface area contributed by atoms with Gasteiger partial charge in [-0.1, -0.05) is 6.07 Å². The van der Waals surface area contributed by atoms with Crippen LogP contribution in [0.2, 0.25) is 0 Å². The Bertz CT molecular complexity index is 1120. The van der Waals surface area contributed by atoms with E-state index in [2.05, 4.69) is 14.1 Å². The predicted molar refractivity (Wildman–Crippen MR) is 110 cm³/mol. The van der Waals surface area contributed by atoms with Gasteiger partial charge in [-0.05, 0) is 37.5 Å². The molecule has 0 bridgehead atoms. The van der Waals surface area contributed by atoms with E-state index in [0.29, 0.717) is 23.5 Å². The Morgan fingerprint density at radius 1 is 1.33 bits per heavy atom. The van der Waals surface area contributed by atoms with Crippen LogP contribution in [-0.4, -0.2) is 54.3 Å². The maximum Gasteiger partial charge on any atom is 0.344 e. The summed E-state index contributed by atoms with van der Waals surface area (Å²) in [5, 5.41) is 9.99. The van der Waals surface area contributed by atoms with Crippen LogP contribution in [0.15, 0.2) is 41.1 Å². The number of benzene rings is 1. The van der Waals surface area contributed by atoms with Crippen molar-refractivity contribution in [3.8, 4) is 11.5 Å². The zero-order valence-electron chi connectivity index (χ0n) is 16.0. The van der Waals surface area contributed by atoms with Crippen molar-refractivity contribution < 1.29 is 23.1 Å². The Morgan fingerprint density at radius 3 is 2.97 bits per heavy atom. The number of carbonyl (C=O) groups excluding carboxylic acids is 1. The highest BCUT2D eigenvalue weighted by Crippen LogP contribution is 2.31. The number of anilines is 1. The Labute approximate surface area is 173 Å². The molecule has 2 aliphatic rings. The van der Waals surface area contributed by atoms with Gasteiger partial charge in [0.25, 0.3) is 5.91 Å². The number of nitrogens with one attached hydrogen (secondary N) is 1. The molecule has 1 atom stereocenters. The third-order valence-corrected chi connectivity index (χ3v) is 6.00. The zero-order chi connectivity index (χ0) is 21.3. The van der Waals surface area contributed by atoms with Crippen LogP contribution >= 0.6 is 0 Å². The number of piperidine rings is 1. The molecule has 11 heteroatoms. The maximum atomic E-state index is 13.0.